The van der Waals surface area contributed by atoms with Crippen LogP contribution in [0.3, 0.4) is 0 Å². The van der Waals surface area contributed by atoms with Gasteiger partial charge in [-0.3, -0.25) is 9.36 Å². The highest BCUT2D eigenvalue weighted by Crippen LogP contribution is 2.27. The summed E-state index contributed by atoms with van der Waals surface area (Å²) in [6.45, 7) is 5.92. The molecule has 140 valence electrons. The van der Waals surface area contributed by atoms with Crippen molar-refractivity contribution >= 4 is 23.4 Å². The van der Waals surface area contributed by atoms with Gasteiger partial charge in [0.25, 0.3) is 0 Å². The van der Waals surface area contributed by atoms with Crippen LogP contribution in [0.2, 0.25) is 0 Å². The average molecular weight is 382 g/mol. The Morgan fingerprint density at radius 1 is 1.15 bits per heavy atom. The first-order valence-electron chi connectivity index (χ1n) is 8.55. The zero-order valence-corrected chi connectivity index (χ0v) is 16.6. The number of anilines is 1. The molecule has 1 heterocycles. The molecule has 27 heavy (non-hydrogen) atoms. The Labute approximate surface area is 163 Å². The molecular weight excluding hydrogens is 360 g/mol. The number of nitrogens with zero attached hydrogens (tertiary/aromatic N) is 3. The van der Waals surface area contributed by atoms with Gasteiger partial charge in [0.15, 0.2) is 5.16 Å². The Hall–Kier alpha value is -2.80. The summed E-state index contributed by atoms with van der Waals surface area (Å²) in [4.78, 5) is 12.4. The van der Waals surface area contributed by atoms with Crippen LogP contribution in [-0.2, 0) is 4.79 Å². The first kappa shape index (κ1) is 19.0. The Morgan fingerprint density at radius 2 is 1.93 bits per heavy atom. The summed E-state index contributed by atoms with van der Waals surface area (Å²) in [6.07, 6.45) is 0. The van der Waals surface area contributed by atoms with Gasteiger partial charge < -0.3 is 10.1 Å². The summed E-state index contributed by atoms with van der Waals surface area (Å²) in [6, 6.07) is 13.7. The molecule has 0 saturated carbocycles. The normalized spacial score (nSPS) is 10.7. The predicted molar refractivity (Wildman–Crippen MR) is 108 cm³/mol. The summed E-state index contributed by atoms with van der Waals surface area (Å²) in [5, 5.41) is 12.0. The van der Waals surface area contributed by atoms with Gasteiger partial charge in [0.1, 0.15) is 11.6 Å². The quantitative estimate of drug-likeness (QED) is 0.654. The van der Waals surface area contributed by atoms with Crippen molar-refractivity contribution in [2.24, 2.45) is 0 Å². The van der Waals surface area contributed by atoms with Gasteiger partial charge >= 0.3 is 0 Å². The Balaban J connectivity index is 1.74. The van der Waals surface area contributed by atoms with Gasteiger partial charge in [-0.15, -0.1) is 10.2 Å². The first-order chi connectivity index (χ1) is 13.0. The van der Waals surface area contributed by atoms with Crippen LogP contribution >= 0.6 is 11.8 Å². The molecule has 0 saturated heterocycles. The monoisotopic (exact) mass is 382 g/mol. The van der Waals surface area contributed by atoms with E-state index in [1.165, 1.54) is 11.8 Å². The number of carbonyl (C=O) groups excluding carboxylic acids is 1. The van der Waals surface area contributed by atoms with Crippen LogP contribution in [0.4, 0.5) is 5.69 Å². The van der Waals surface area contributed by atoms with Crippen LogP contribution < -0.4 is 10.1 Å². The SMILES string of the molecule is COc1ccc(C)cc1NC(=O)CSc1nnc(C)n1-c1ccccc1C. The number of amides is 1. The Morgan fingerprint density at radius 3 is 2.67 bits per heavy atom. The van der Waals surface area contributed by atoms with Gasteiger partial charge in [-0.05, 0) is 50.1 Å². The van der Waals surface area contributed by atoms with Gasteiger partial charge in [-0.1, -0.05) is 36.0 Å². The van der Waals surface area contributed by atoms with E-state index in [4.69, 9.17) is 4.74 Å². The highest BCUT2D eigenvalue weighted by atomic mass is 32.2. The maximum Gasteiger partial charge on any atom is 0.234 e. The second kappa shape index (κ2) is 8.26. The van der Waals surface area contributed by atoms with E-state index in [2.05, 4.69) is 15.5 Å². The van der Waals surface area contributed by atoms with Crippen molar-refractivity contribution < 1.29 is 9.53 Å². The molecule has 0 fully saturated rings. The number of thioether (sulfide) groups is 1. The molecule has 6 nitrogen and oxygen atoms in total. The van der Waals surface area contributed by atoms with E-state index in [0.717, 1.165) is 22.6 Å². The molecular formula is C20H22N4O2S. The third-order valence-electron chi connectivity index (χ3n) is 4.11. The maximum absolute atomic E-state index is 12.4. The molecule has 2 aromatic carbocycles. The second-order valence-electron chi connectivity index (χ2n) is 6.19. The molecule has 0 unspecified atom stereocenters. The number of aryl methyl sites for hydroxylation is 3. The summed E-state index contributed by atoms with van der Waals surface area (Å²) in [5.74, 6) is 1.52. The van der Waals surface area contributed by atoms with E-state index < -0.39 is 0 Å². The summed E-state index contributed by atoms with van der Waals surface area (Å²) >= 11 is 1.35. The zero-order valence-electron chi connectivity index (χ0n) is 15.8. The van der Waals surface area contributed by atoms with Crippen molar-refractivity contribution in [2.45, 2.75) is 25.9 Å². The molecule has 7 heteroatoms. The lowest BCUT2D eigenvalue weighted by molar-refractivity contribution is -0.113. The minimum Gasteiger partial charge on any atom is -0.495 e. The number of para-hydroxylation sites is 1. The summed E-state index contributed by atoms with van der Waals surface area (Å²) in [5.41, 5.74) is 3.85. The number of ether oxygens (including phenoxy) is 1. The number of hydrogen-bond donors (Lipinski definition) is 1. The van der Waals surface area contributed by atoms with Crippen LogP contribution in [0.25, 0.3) is 5.69 Å². The lowest BCUT2D eigenvalue weighted by Crippen LogP contribution is -2.15. The molecule has 0 aliphatic rings. The van der Waals surface area contributed by atoms with E-state index in [-0.39, 0.29) is 11.7 Å². The zero-order chi connectivity index (χ0) is 19.4. The average Bonchev–Trinajstić information content (AvgIpc) is 3.01. The topological polar surface area (TPSA) is 69.0 Å². The molecule has 3 rings (SSSR count). The van der Waals surface area contributed by atoms with Crippen molar-refractivity contribution in [1.82, 2.24) is 14.8 Å². The number of nitrogens with one attached hydrogen (secondary N) is 1. The fourth-order valence-corrected chi connectivity index (χ4v) is 3.55. The van der Waals surface area contributed by atoms with E-state index in [1.807, 2.05) is 67.8 Å². The largest absolute Gasteiger partial charge is 0.495 e. The fraction of sp³-hybridized carbons (Fsp3) is 0.250. The fourth-order valence-electron chi connectivity index (χ4n) is 2.76. The van der Waals surface area contributed by atoms with E-state index in [0.29, 0.717) is 16.6 Å². The highest BCUT2D eigenvalue weighted by Gasteiger charge is 2.15. The molecule has 0 bridgehead atoms. The van der Waals surface area contributed by atoms with Crippen LogP contribution in [0.1, 0.15) is 17.0 Å². The van der Waals surface area contributed by atoms with Crippen LogP contribution in [0.15, 0.2) is 47.6 Å². The van der Waals surface area contributed by atoms with E-state index in [1.54, 1.807) is 7.11 Å². The van der Waals surface area contributed by atoms with Crippen molar-refractivity contribution in [3.05, 3.63) is 59.4 Å². The summed E-state index contributed by atoms with van der Waals surface area (Å²) < 4.78 is 7.28. The van der Waals surface area contributed by atoms with Crippen LogP contribution in [-0.4, -0.2) is 33.5 Å². The lowest BCUT2D eigenvalue weighted by atomic mass is 10.2. The van der Waals surface area contributed by atoms with Crippen molar-refractivity contribution in [3.8, 4) is 11.4 Å². The molecule has 1 amide bonds. The smallest absolute Gasteiger partial charge is 0.234 e. The molecule has 0 aliphatic carbocycles. The molecule has 0 aliphatic heterocycles. The second-order valence-corrected chi connectivity index (χ2v) is 7.13. The Bertz CT molecular complexity index is 968. The molecule has 0 spiro atoms. The summed E-state index contributed by atoms with van der Waals surface area (Å²) in [7, 11) is 1.59. The van der Waals surface area contributed by atoms with Crippen molar-refractivity contribution in [1.29, 1.82) is 0 Å². The standard InChI is InChI=1S/C20H22N4O2S/c1-13-9-10-18(26-4)16(11-13)21-19(25)12-27-20-23-22-15(3)24(20)17-8-6-5-7-14(17)2/h5-11H,12H2,1-4H3,(H,21,25). The lowest BCUT2D eigenvalue weighted by Gasteiger charge is -2.12. The molecule has 1 aromatic heterocycles. The highest BCUT2D eigenvalue weighted by molar-refractivity contribution is 7.99. The number of aromatic nitrogens is 3. The minimum absolute atomic E-state index is 0.124. The molecule has 0 atom stereocenters. The van der Waals surface area contributed by atoms with Gasteiger partial charge in [0, 0.05) is 0 Å². The minimum atomic E-state index is -0.124. The van der Waals surface area contributed by atoms with Gasteiger partial charge in [-0.2, -0.15) is 0 Å². The van der Waals surface area contributed by atoms with E-state index in [9.17, 15) is 4.79 Å². The van der Waals surface area contributed by atoms with Crippen molar-refractivity contribution in [2.75, 3.05) is 18.2 Å². The molecule has 3 aromatic rings. The van der Waals surface area contributed by atoms with E-state index >= 15 is 0 Å². The number of carbonyl (C=O) groups is 1. The third-order valence-corrected chi connectivity index (χ3v) is 5.04. The predicted octanol–water partition coefficient (Wildman–Crippen LogP) is 3.93. The molecule has 1 N–H and O–H groups in total. The van der Waals surface area contributed by atoms with Crippen LogP contribution in [0, 0.1) is 20.8 Å². The van der Waals surface area contributed by atoms with Gasteiger partial charge in [-0.25, -0.2) is 0 Å². The molecule has 0 radical (unpaired) electrons. The van der Waals surface area contributed by atoms with Gasteiger partial charge in [0.05, 0.1) is 24.2 Å². The number of rotatable bonds is 6. The maximum atomic E-state index is 12.4. The first-order valence-corrected chi connectivity index (χ1v) is 9.53. The number of methoxy groups -OCH3 is 1. The third kappa shape index (κ3) is 4.31. The Kier molecular flexibility index (Phi) is 5.81. The van der Waals surface area contributed by atoms with Gasteiger partial charge in [0.2, 0.25) is 5.91 Å². The van der Waals surface area contributed by atoms with Crippen molar-refractivity contribution in [3.63, 3.8) is 0 Å². The number of hydrogen-bond acceptors (Lipinski definition) is 5. The van der Waals surface area contributed by atoms with Crippen LogP contribution in [0.5, 0.6) is 5.75 Å². The number of benzene rings is 2.